The molecule has 0 spiro atoms. The molecule has 1 aromatic heterocycles. The highest BCUT2D eigenvalue weighted by Gasteiger charge is 2.20. The van der Waals surface area contributed by atoms with Crippen molar-refractivity contribution in [1.82, 2.24) is 4.98 Å². The maximum atomic E-state index is 5.62. The van der Waals surface area contributed by atoms with Crippen molar-refractivity contribution in [2.45, 2.75) is 13.1 Å². The number of anilines is 2. The van der Waals surface area contributed by atoms with E-state index in [1.807, 2.05) is 5.38 Å². The van der Waals surface area contributed by atoms with Gasteiger partial charge in [0.05, 0.1) is 0 Å². The summed E-state index contributed by atoms with van der Waals surface area (Å²) in [6.45, 7) is 1.90. The van der Waals surface area contributed by atoms with E-state index in [0.29, 0.717) is 5.82 Å². The van der Waals surface area contributed by atoms with Crippen LogP contribution >= 0.6 is 11.3 Å². The normalized spacial score (nSPS) is 14.3. The van der Waals surface area contributed by atoms with Gasteiger partial charge >= 0.3 is 0 Å². The first-order valence-corrected chi connectivity index (χ1v) is 5.73. The summed E-state index contributed by atoms with van der Waals surface area (Å²) >= 11 is 1.61. The number of rotatable bonds is 1. The molecule has 0 amide bonds. The summed E-state index contributed by atoms with van der Waals surface area (Å²) in [5.41, 5.74) is 8.41. The first-order valence-electron chi connectivity index (χ1n) is 4.85. The molecule has 15 heavy (non-hydrogen) atoms. The van der Waals surface area contributed by atoms with Crippen molar-refractivity contribution in [2.75, 3.05) is 10.6 Å². The van der Waals surface area contributed by atoms with E-state index in [-0.39, 0.29) is 0 Å². The van der Waals surface area contributed by atoms with Crippen LogP contribution in [0.15, 0.2) is 29.6 Å². The van der Waals surface area contributed by atoms with Crippen LogP contribution in [0.5, 0.6) is 0 Å². The molecule has 1 aromatic carbocycles. The van der Waals surface area contributed by atoms with E-state index >= 15 is 0 Å². The largest absolute Gasteiger partial charge is 0.383 e. The SMILES string of the molecule is Nc1csc(N2Cc3ccccc3C2)n1. The Morgan fingerprint density at radius 3 is 2.40 bits per heavy atom. The van der Waals surface area contributed by atoms with Crippen molar-refractivity contribution in [2.24, 2.45) is 0 Å². The quantitative estimate of drug-likeness (QED) is 0.796. The first-order chi connectivity index (χ1) is 7.33. The predicted octanol–water partition coefficient (Wildman–Crippen LogP) is 2.25. The van der Waals surface area contributed by atoms with E-state index < -0.39 is 0 Å². The zero-order valence-electron chi connectivity index (χ0n) is 8.18. The van der Waals surface area contributed by atoms with Crippen molar-refractivity contribution < 1.29 is 0 Å². The van der Waals surface area contributed by atoms with Crippen LogP contribution in [-0.2, 0) is 13.1 Å². The number of benzene rings is 1. The van der Waals surface area contributed by atoms with Crippen LogP contribution < -0.4 is 10.6 Å². The standard InChI is InChI=1S/C11H11N3S/c12-10-7-15-11(13-10)14-5-8-3-1-2-4-9(8)6-14/h1-4,7H,5-6,12H2. The number of thiazole rings is 1. The van der Waals surface area contributed by atoms with Gasteiger partial charge in [0.2, 0.25) is 0 Å². The third kappa shape index (κ3) is 1.47. The molecule has 0 fully saturated rings. The lowest BCUT2D eigenvalue weighted by Crippen LogP contribution is -2.14. The molecule has 2 aromatic rings. The molecule has 0 saturated heterocycles. The van der Waals surface area contributed by atoms with Crippen molar-refractivity contribution in [1.29, 1.82) is 0 Å². The second-order valence-corrected chi connectivity index (χ2v) is 4.52. The van der Waals surface area contributed by atoms with E-state index in [4.69, 9.17) is 5.73 Å². The Balaban J connectivity index is 1.90. The highest BCUT2D eigenvalue weighted by molar-refractivity contribution is 7.14. The van der Waals surface area contributed by atoms with Crippen LogP contribution in [0.4, 0.5) is 10.9 Å². The zero-order valence-corrected chi connectivity index (χ0v) is 9.00. The third-order valence-electron chi connectivity index (χ3n) is 2.62. The molecule has 0 unspecified atom stereocenters. The first kappa shape index (κ1) is 8.73. The fourth-order valence-corrected chi connectivity index (χ4v) is 2.61. The van der Waals surface area contributed by atoms with E-state index in [1.54, 1.807) is 11.3 Å². The predicted molar refractivity (Wildman–Crippen MR) is 62.9 cm³/mol. The molecule has 0 aliphatic carbocycles. The van der Waals surface area contributed by atoms with Gasteiger partial charge in [0, 0.05) is 18.5 Å². The molecule has 2 N–H and O–H groups in total. The summed E-state index contributed by atoms with van der Waals surface area (Å²) in [4.78, 5) is 6.55. The van der Waals surface area contributed by atoms with Gasteiger partial charge in [-0.25, -0.2) is 4.98 Å². The maximum Gasteiger partial charge on any atom is 0.187 e. The van der Waals surface area contributed by atoms with Crippen LogP contribution in [0.25, 0.3) is 0 Å². The van der Waals surface area contributed by atoms with E-state index in [1.165, 1.54) is 11.1 Å². The Hall–Kier alpha value is -1.55. The Morgan fingerprint density at radius 2 is 1.87 bits per heavy atom. The fraction of sp³-hybridized carbons (Fsp3) is 0.182. The van der Waals surface area contributed by atoms with Gasteiger partial charge in [0.15, 0.2) is 5.13 Å². The van der Waals surface area contributed by atoms with Gasteiger partial charge in [-0.05, 0) is 11.1 Å². The van der Waals surface area contributed by atoms with Gasteiger partial charge in [0.25, 0.3) is 0 Å². The number of hydrogen-bond acceptors (Lipinski definition) is 4. The van der Waals surface area contributed by atoms with Crippen molar-refractivity contribution in [3.05, 3.63) is 40.8 Å². The van der Waals surface area contributed by atoms with Gasteiger partial charge in [0.1, 0.15) is 5.82 Å². The number of nitrogen functional groups attached to an aromatic ring is 1. The zero-order chi connectivity index (χ0) is 10.3. The number of hydrogen-bond donors (Lipinski definition) is 1. The third-order valence-corrected chi connectivity index (χ3v) is 3.54. The summed E-state index contributed by atoms with van der Waals surface area (Å²) in [7, 11) is 0. The Bertz CT molecular complexity index is 467. The van der Waals surface area contributed by atoms with Gasteiger partial charge < -0.3 is 10.6 Å². The van der Waals surface area contributed by atoms with Crippen molar-refractivity contribution in [3.8, 4) is 0 Å². The summed E-state index contributed by atoms with van der Waals surface area (Å²) < 4.78 is 0. The Kier molecular flexibility index (Phi) is 1.89. The molecular weight excluding hydrogens is 206 g/mol. The molecule has 1 aliphatic heterocycles. The molecule has 0 saturated carbocycles. The van der Waals surface area contributed by atoms with Crippen LogP contribution in [0.1, 0.15) is 11.1 Å². The minimum atomic E-state index is 0.617. The lowest BCUT2D eigenvalue weighted by molar-refractivity contribution is 0.874. The lowest BCUT2D eigenvalue weighted by Gasteiger charge is -2.12. The minimum Gasteiger partial charge on any atom is -0.383 e. The van der Waals surface area contributed by atoms with Crippen LogP contribution in [-0.4, -0.2) is 4.98 Å². The van der Waals surface area contributed by atoms with E-state index in [0.717, 1.165) is 18.2 Å². The summed E-state index contributed by atoms with van der Waals surface area (Å²) in [5, 5.41) is 2.90. The lowest BCUT2D eigenvalue weighted by atomic mass is 10.1. The summed E-state index contributed by atoms with van der Waals surface area (Å²) in [6.07, 6.45) is 0. The number of aromatic nitrogens is 1. The molecule has 0 atom stereocenters. The van der Waals surface area contributed by atoms with E-state index in [9.17, 15) is 0 Å². The number of fused-ring (bicyclic) bond motifs is 1. The van der Waals surface area contributed by atoms with Crippen molar-refractivity contribution >= 4 is 22.3 Å². The highest BCUT2D eigenvalue weighted by atomic mass is 32.1. The van der Waals surface area contributed by atoms with Gasteiger partial charge in [-0.2, -0.15) is 0 Å². The topological polar surface area (TPSA) is 42.1 Å². The smallest absolute Gasteiger partial charge is 0.187 e. The molecule has 76 valence electrons. The van der Waals surface area contributed by atoms with Crippen LogP contribution in [0.3, 0.4) is 0 Å². The molecule has 3 nitrogen and oxygen atoms in total. The van der Waals surface area contributed by atoms with Gasteiger partial charge in [-0.15, -0.1) is 11.3 Å². The number of nitrogens with two attached hydrogens (primary N) is 1. The van der Waals surface area contributed by atoms with Crippen molar-refractivity contribution in [3.63, 3.8) is 0 Å². The average molecular weight is 217 g/mol. The van der Waals surface area contributed by atoms with Crippen LogP contribution in [0, 0.1) is 0 Å². The molecule has 3 rings (SSSR count). The fourth-order valence-electron chi connectivity index (χ4n) is 1.89. The number of nitrogens with zero attached hydrogens (tertiary/aromatic N) is 2. The average Bonchev–Trinajstić information content (AvgIpc) is 2.82. The molecule has 4 heteroatoms. The molecule has 2 heterocycles. The van der Waals surface area contributed by atoms with Gasteiger partial charge in [-0.3, -0.25) is 0 Å². The van der Waals surface area contributed by atoms with Crippen LogP contribution in [0.2, 0.25) is 0 Å². The summed E-state index contributed by atoms with van der Waals surface area (Å²) in [6, 6.07) is 8.51. The second kappa shape index (κ2) is 3.24. The Morgan fingerprint density at radius 1 is 1.20 bits per heavy atom. The molecule has 0 radical (unpaired) electrons. The minimum absolute atomic E-state index is 0.617. The second-order valence-electron chi connectivity index (χ2n) is 3.68. The molecule has 0 bridgehead atoms. The molecular formula is C11H11N3S. The summed E-state index contributed by atoms with van der Waals surface area (Å²) in [5.74, 6) is 0.617. The maximum absolute atomic E-state index is 5.62. The highest BCUT2D eigenvalue weighted by Crippen LogP contribution is 2.30. The van der Waals surface area contributed by atoms with E-state index in [2.05, 4.69) is 34.1 Å². The molecule has 1 aliphatic rings. The monoisotopic (exact) mass is 217 g/mol. The van der Waals surface area contributed by atoms with Gasteiger partial charge in [-0.1, -0.05) is 24.3 Å². The Labute approximate surface area is 92.2 Å².